The van der Waals surface area contributed by atoms with Crippen molar-refractivity contribution in [2.45, 2.75) is 32.8 Å². The largest absolute Gasteiger partial charge is 0.393 e. The van der Waals surface area contributed by atoms with E-state index >= 15 is 0 Å². The Morgan fingerprint density at radius 2 is 2.29 bits per heavy atom. The second-order valence-electron chi connectivity index (χ2n) is 1.78. The van der Waals surface area contributed by atoms with Crippen LogP contribution in [0.25, 0.3) is 0 Å². The van der Waals surface area contributed by atoms with E-state index in [1.165, 1.54) is 0 Å². The minimum absolute atomic E-state index is 0.153. The lowest BCUT2D eigenvalue weighted by Gasteiger charge is -1.98. The normalized spacial score (nSPS) is 14.1. The molecular weight excluding hydrogens is 88.1 g/mol. The van der Waals surface area contributed by atoms with E-state index in [1.807, 2.05) is 0 Å². The summed E-state index contributed by atoms with van der Waals surface area (Å²) in [4.78, 5) is 0. The molecule has 1 nitrogen and oxygen atoms in total. The molecule has 0 heterocycles. The van der Waals surface area contributed by atoms with Gasteiger partial charge in [0, 0.05) is 0 Å². The minimum atomic E-state index is -0.153. The Morgan fingerprint density at radius 1 is 1.71 bits per heavy atom. The van der Waals surface area contributed by atoms with Gasteiger partial charge in [0.1, 0.15) is 0 Å². The van der Waals surface area contributed by atoms with Crippen molar-refractivity contribution in [2.75, 3.05) is 0 Å². The summed E-state index contributed by atoms with van der Waals surface area (Å²) >= 11 is 0. The molecule has 0 aliphatic heterocycles. The standard InChI is InChI=1S/C6H13O/c1-3-4-5-6(2)7/h4,6-7H,3,5H2,1-2H3. The van der Waals surface area contributed by atoms with Gasteiger partial charge in [0.15, 0.2) is 0 Å². The van der Waals surface area contributed by atoms with Crippen LogP contribution in [0.4, 0.5) is 0 Å². The molecule has 1 atom stereocenters. The maximum atomic E-state index is 8.65. The van der Waals surface area contributed by atoms with Crippen molar-refractivity contribution < 1.29 is 5.11 Å². The Hall–Kier alpha value is -0.0400. The third-order valence-corrected chi connectivity index (χ3v) is 0.796. The third kappa shape index (κ3) is 5.96. The molecule has 0 aromatic carbocycles. The van der Waals surface area contributed by atoms with Crippen molar-refractivity contribution in [2.24, 2.45) is 0 Å². The van der Waals surface area contributed by atoms with Crippen molar-refractivity contribution in [1.29, 1.82) is 0 Å². The fraction of sp³-hybridized carbons (Fsp3) is 0.833. The average Bonchev–Trinajstić information content (AvgIpc) is 1.61. The molecule has 0 spiro atoms. The number of hydrogen-bond donors (Lipinski definition) is 1. The summed E-state index contributed by atoms with van der Waals surface area (Å²) in [5.41, 5.74) is 0. The number of unbranched alkanes of at least 4 members (excludes halogenated alkanes) is 1. The number of aliphatic hydroxyl groups is 1. The molecule has 1 heteroatoms. The molecule has 0 aromatic heterocycles. The van der Waals surface area contributed by atoms with Gasteiger partial charge in [-0.15, -0.1) is 0 Å². The number of aliphatic hydroxyl groups excluding tert-OH is 1. The van der Waals surface area contributed by atoms with Crippen LogP contribution >= 0.6 is 0 Å². The van der Waals surface area contributed by atoms with Gasteiger partial charge in [-0.05, 0) is 19.8 Å². The third-order valence-electron chi connectivity index (χ3n) is 0.796. The first kappa shape index (κ1) is 6.96. The van der Waals surface area contributed by atoms with Crippen LogP contribution in [0.3, 0.4) is 0 Å². The van der Waals surface area contributed by atoms with Crippen molar-refractivity contribution in [3.63, 3.8) is 0 Å². The Balaban J connectivity index is 2.68. The summed E-state index contributed by atoms with van der Waals surface area (Å²) in [5.74, 6) is 0. The summed E-state index contributed by atoms with van der Waals surface area (Å²) < 4.78 is 0. The van der Waals surface area contributed by atoms with Crippen LogP contribution in [0.2, 0.25) is 0 Å². The van der Waals surface area contributed by atoms with E-state index < -0.39 is 0 Å². The summed E-state index contributed by atoms with van der Waals surface area (Å²) in [6.45, 7) is 3.87. The van der Waals surface area contributed by atoms with E-state index in [4.69, 9.17) is 5.11 Å². The maximum Gasteiger partial charge on any atom is 0.0514 e. The molecule has 1 radical (unpaired) electrons. The smallest absolute Gasteiger partial charge is 0.0514 e. The Morgan fingerprint density at radius 3 is 2.43 bits per heavy atom. The lowest BCUT2D eigenvalue weighted by molar-refractivity contribution is 0.193. The lowest BCUT2D eigenvalue weighted by atomic mass is 10.2. The molecular formula is C6H13O. The second kappa shape index (κ2) is 4.13. The van der Waals surface area contributed by atoms with Crippen LogP contribution in [-0.2, 0) is 0 Å². The second-order valence-corrected chi connectivity index (χ2v) is 1.78. The van der Waals surface area contributed by atoms with Crippen LogP contribution < -0.4 is 0 Å². The van der Waals surface area contributed by atoms with Crippen molar-refractivity contribution >= 4 is 0 Å². The zero-order chi connectivity index (χ0) is 5.70. The molecule has 7 heavy (non-hydrogen) atoms. The van der Waals surface area contributed by atoms with Crippen molar-refractivity contribution in [3.05, 3.63) is 6.42 Å². The highest BCUT2D eigenvalue weighted by atomic mass is 16.3. The molecule has 0 fully saturated rings. The molecule has 43 valence electrons. The predicted molar refractivity (Wildman–Crippen MR) is 30.9 cm³/mol. The van der Waals surface area contributed by atoms with Crippen LogP contribution in [0.15, 0.2) is 0 Å². The van der Waals surface area contributed by atoms with E-state index in [1.54, 1.807) is 6.92 Å². The van der Waals surface area contributed by atoms with E-state index in [0.29, 0.717) is 0 Å². The molecule has 0 bridgehead atoms. The summed E-state index contributed by atoms with van der Waals surface area (Å²) in [7, 11) is 0. The predicted octanol–water partition coefficient (Wildman–Crippen LogP) is 1.37. The fourth-order valence-electron chi connectivity index (χ4n) is 0.408. The van der Waals surface area contributed by atoms with Crippen LogP contribution in [0.1, 0.15) is 26.7 Å². The van der Waals surface area contributed by atoms with Gasteiger partial charge in [-0.3, -0.25) is 0 Å². The van der Waals surface area contributed by atoms with Gasteiger partial charge in [0.2, 0.25) is 0 Å². The fourth-order valence-corrected chi connectivity index (χ4v) is 0.408. The molecule has 1 N–H and O–H groups in total. The van der Waals surface area contributed by atoms with Gasteiger partial charge in [-0.25, -0.2) is 0 Å². The van der Waals surface area contributed by atoms with Crippen LogP contribution in [0.5, 0.6) is 0 Å². The van der Waals surface area contributed by atoms with E-state index in [2.05, 4.69) is 13.3 Å². The molecule has 0 aliphatic carbocycles. The van der Waals surface area contributed by atoms with Gasteiger partial charge in [0.05, 0.1) is 6.10 Å². The highest BCUT2D eigenvalue weighted by Gasteiger charge is 1.90. The maximum absolute atomic E-state index is 8.65. The van der Waals surface area contributed by atoms with Gasteiger partial charge in [0.25, 0.3) is 0 Å². The lowest BCUT2D eigenvalue weighted by Crippen LogP contribution is -1.97. The molecule has 0 aromatic rings. The first-order valence-corrected chi connectivity index (χ1v) is 2.77. The zero-order valence-electron chi connectivity index (χ0n) is 5.02. The Bertz CT molecular complexity index is 33.2. The summed E-state index contributed by atoms with van der Waals surface area (Å²) in [5, 5.41) is 8.65. The van der Waals surface area contributed by atoms with Gasteiger partial charge < -0.3 is 5.11 Å². The molecule has 0 amide bonds. The summed E-state index contributed by atoms with van der Waals surface area (Å²) in [6, 6.07) is 0. The first-order chi connectivity index (χ1) is 3.27. The number of hydrogen-bond acceptors (Lipinski definition) is 1. The van der Waals surface area contributed by atoms with Crippen molar-refractivity contribution in [1.82, 2.24) is 0 Å². The first-order valence-electron chi connectivity index (χ1n) is 2.77. The van der Waals surface area contributed by atoms with Crippen molar-refractivity contribution in [3.8, 4) is 0 Å². The molecule has 0 rings (SSSR count). The van der Waals surface area contributed by atoms with E-state index in [0.717, 1.165) is 12.8 Å². The zero-order valence-corrected chi connectivity index (χ0v) is 5.02. The van der Waals surface area contributed by atoms with Crippen LogP contribution in [0, 0.1) is 6.42 Å². The van der Waals surface area contributed by atoms with Gasteiger partial charge in [-0.1, -0.05) is 13.3 Å². The van der Waals surface area contributed by atoms with Crippen LogP contribution in [-0.4, -0.2) is 11.2 Å². The summed E-state index contributed by atoms with van der Waals surface area (Å²) in [6.07, 6.45) is 3.81. The Labute approximate surface area is 45.4 Å². The van der Waals surface area contributed by atoms with Gasteiger partial charge >= 0.3 is 0 Å². The molecule has 0 aliphatic rings. The highest BCUT2D eigenvalue weighted by Crippen LogP contribution is 1.95. The SMILES string of the molecule is CC[CH]CC(C)O. The molecule has 0 saturated heterocycles. The van der Waals surface area contributed by atoms with E-state index in [-0.39, 0.29) is 6.10 Å². The topological polar surface area (TPSA) is 20.2 Å². The number of rotatable bonds is 3. The molecule has 1 unspecified atom stereocenters. The minimum Gasteiger partial charge on any atom is -0.393 e. The Kier molecular flexibility index (Phi) is 4.10. The van der Waals surface area contributed by atoms with Gasteiger partial charge in [-0.2, -0.15) is 0 Å². The van der Waals surface area contributed by atoms with E-state index in [9.17, 15) is 0 Å². The average molecular weight is 101 g/mol. The quantitative estimate of drug-likeness (QED) is 0.569. The monoisotopic (exact) mass is 101 g/mol. The molecule has 0 saturated carbocycles. The highest BCUT2D eigenvalue weighted by molar-refractivity contribution is 4.63.